The maximum atomic E-state index is 12.0. The zero-order chi connectivity index (χ0) is 13.1. The zero-order valence-corrected chi connectivity index (χ0v) is 10.6. The van der Waals surface area contributed by atoms with Crippen LogP contribution in [0.1, 0.15) is 20.7 Å². The van der Waals surface area contributed by atoms with Crippen molar-refractivity contribution in [3.05, 3.63) is 63.9 Å². The van der Waals surface area contributed by atoms with E-state index in [-0.39, 0.29) is 16.1 Å². The van der Waals surface area contributed by atoms with E-state index in [0.29, 0.717) is 5.02 Å². The lowest BCUT2D eigenvalue weighted by molar-refractivity contribution is 0.0817. The predicted molar refractivity (Wildman–Crippen MR) is 69.4 cm³/mol. The van der Waals surface area contributed by atoms with Crippen LogP contribution in [0.25, 0.3) is 0 Å². The lowest BCUT2D eigenvalue weighted by Crippen LogP contribution is -2.14. The molecular weight excluding hydrogens is 273 g/mol. The van der Waals surface area contributed by atoms with Crippen molar-refractivity contribution in [3.63, 3.8) is 0 Å². The Bertz CT molecular complexity index is 612. The van der Waals surface area contributed by atoms with E-state index >= 15 is 0 Å². The molecule has 5 heteroatoms. The molecular formula is C13H7Cl2NO2. The van der Waals surface area contributed by atoms with Crippen LogP contribution >= 0.6 is 23.2 Å². The molecule has 0 atom stereocenters. The van der Waals surface area contributed by atoms with Crippen molar-refractivity contribution in [2.75, 3.05) is 0 Å². The molecule has 1 aromatic heterocycles. The van der Waals surface area contributed by atoms with Gasteiger partial charge in [-0.1, -0.05) is 23.2 Å². The first-order valence-electron chi connectivity index (χ1n) is 5.03. The number of ketones is 2. The van der Waals surface area contributed by atoms with E-state index in [9.17, 15) is 9.59 Å². The second-order valence-corrected chi connectivity index (χ2v) is 4.36. The normalized spacial score (nSPS) is 10.1. The fourth-order valence-electron chi connectivity index (χ4n) is 1.43. The smallest absolute Gasteiger partial charge is 0.235 e. The fourth-order valence-corrected chi connectivity index (χ4v) is 1.92. The molecule has 3 nitrogen and oxygen atoms in total. The summed E-state index contributed by atoms with van der Waals surface area (Å²) in [6.45, 7) is 0. The van der Waals surface area contributed by atoms with Crippen LogP contribution in [0.4, 0.5) is 0 Å². The van der Waals surface area contributed by atoms with Crippen molar-refractivity contribution in [3.8, 4) is 0 Å². The Labute approximate surface area is 113 Å². The summed E-state index contributed by atoms with van der Waals surface area (Å²) in [5, 5.41) is 0.572. The van der Waals surface area contributed by atoms with E-state index < -0.39 is 11.6 Å². The summed E-state index contributed by atoms with van der Waals surface area (Å²) in [4.78, 5) is 27.7. The Hall–Kier alpha value is -1.71. The average Bonchev–Trinajstić information content (AvgIpc) is 2.38. The highest BCUT2D eigenvalue weighted by molar-refractivity contribution is 6.52. The number of aromatic nitrogens is 1. The summed E-state index contributed by atoms with van der Waals surface area (Å²) in [7, 11) is 0. The zero-order valence-electron chi connectivity index (χ0n) is 9.06. The van der Waals surface area contributed by atoms with Crippen LogP contribution in [0.2, 0.25) is 10.0 Å². The van der Waals surface area contributed by atoms with Crippen LogP contribution < -0.4 is 0 Å². The van der Waals surface area contributed by atoms with Gasteiger partial charge in [0.05, 0.1) is 5.02 Å². The number of rotatable bonds is 3. The Morgan fingerprint density at radius 2 is 1.61 bits per heavy atom. The van der Waals surface area contributed by atoms with Crippen LogP contribution in [-0.4, -0.2) is 16.6 Å². The van der Waals surface area contributed by atoms with Gasteiger partial charge in [0.25, 0.3) is 0 Å². The molecule has 1 aromatic carbocycles. The minimum Gasteiger partial charge on any atom is -0.285 e. The number of nitrogens with zero attached hydrogens (tertiary/aromatic N) is 1. The molecule has 1 heterocycles. The van der Waals surface area contributed by atoms with E-state index in [0.717, 1.165) is 0 Å². The van der Waals surface area contributed by atoms with Crippen molar-refractivity contribution in [1.82, 2.24) is 4.98 Å². The Morgan fingerprint density at radius 1 is 0.944 bits per heavy atom. The number of hydrogen-bond acceptors (Lipinski definition) is 3. The highest BCUT2D eigenvalue weighted by Gasteiger charge is 2.20. The number of carbonyl (C=O) groups is 2. The average molecular weight is 280 g/mol. The third kappa shape index (κ3) is 2.58. The monoisotopic (exact) mass is 279 g/mol. The number of carbonyl (C=O) groups excluding carboxylic acids is 2. The molecule has 0 aliphatic carbocycles. The van der Waals surface area contributed by atoms with Crippen LogP contribution in [0.15, 0.2) is 42.7 Å². The van der Waals surface area contributed by atoms with Gasteiger partial charge < -0.3 is 0 Å². The quantitative estimate of drug-likeness (QED) is 0.639. The molecule has 0 saturated carbocycles. The summed E-state index contributed by atoms with van der Waals surface area (Å²) >= 11 is 11.6. The first kappa shape index (κ1) is 12.7. The largest absolute Gasteiger partial charge is 0.285 e. The van der Waals surface area contributed by atoms with Crippen LogP contribution in [0.3, 0.4) is 0 Å². The Kier molecular flexibility index (Phi) is 3.75. The standard InChI is InChI=1S/C13H7Cl2NO2/c14-9-1-2-10(11(15)7-9)13(18)12(17)8-3-5-16-6-4-8/h1-7H. The first-order chi connectivity index (χ1) is 8.59. The van der Waals surface area contributed by atoms with E-state index in [4.69, 9.17) is 23.2 Å². The second-order valence-electron chi connectivity index (χ2n) is 3.52. The maximum absolute atomic E-state index is 12.0. The van der Waals surface area contributed by atoms with Gasteiger partial charge in [-0.25, -0.2) is 0 Å². The minimum atomic E-state index is -0.664. The molecule has 0 fully saturated rings. The molecule has 0 spiro atoms. The summed E-state index contributed by atoms with van der Waals surface area (Å²) in [6, 6.07) is 7.33. The van der Waals surface area contributed by atoms with Crippen molar-refractivity contribution < 1.29 is 9.59 Å². The third-order valence-electron chi connectivity index (χ3n) is 2.32. The van der Waals surface area contributed by atoms with E-state index in [1.807, 2.05) is 0 Å². The van der Waals surface area contributed by atoms with Crippen molar-refractivity contribution in [1.29, 1.82) is 0 Å². The van der Waals surface area contributed by atoms with Crippen LogP contribution in [0.5, 0.6) is 0 Å². The van der Waals surface area contributed by atoms with Gasteiger partial charge in [0.2, 0.25) is 11.6 Å². The predicted octanol–water partition coefficient (Wildman–Crippen LogP) is 3.45. The van der Waals surface area contributed by atoms with E-state index in [1.165, 1.54) is 42.7 Å². The first-order valence-corrected chi connectivity index (χ1v) is 5.79. The second kappa shape index (κ2) is 5.29. The van der Waals surface area contributed by atoms with E-state index in [1.54, 1.807) is 0 Å². The molecule has 0 radical (unpaired) electrons. The molecule has 90 valence electrons. The van der Waals surface area contributed by atoms with Gasteiger partial charge in [0.15, 0.2) is 0 Å². The van der Waals surface area contributed by atoms with Gasteiger partial charge in [-0.2, -0.15) is 0 Å². The minimum absolute atomic E-state index is 0.142. The van der Waals surface area contributed by atoms with Crippen molar-refractivity contribution in [2.45, 2.75) is 0 Å². The number of hydrogen-bond donors (Lipinski definition) is 0. The number of halogens is 2. The molecule has 0 N–H and O–H groups in total. The molecule has 0 amide bonds. The molecule has 18 heavy (non-hydrogen) atoms. The summed E-state index contributed by atoms with van der Waals surface area (Å²) in [6.07, 6.45) is 2.90. The SMILES string of the molecule is O=C(C(=O)c1ccc(Cl)cc1Cl)c1ccncc1. The Balaban J connectivity index is 2.35. The van der Waals surface area contributed by atoms with Crippen LogP contribution in [0, 0.1) is 0 Å². The topological polar surface area (TPSA) is 47.0 Å². The van der Waals surface area contributed by atoms with Crippen molar-refractivity contribution >= 4 is 34.8 Å². The molecule has 0 bridgehead atoms. The lowest BCUT2D eigenvalue weighted by Gasteiger charge is -2.03. The highest BCUT2D eigenvalue weighted by atomic mass is 35.5. The summed E-state index contributed by atoms with van der Waals surface area (Å²) in [5.74, 6) is -1.29. The molecule has 2 rings (SSSR count). The van der Waals surface area contributed by atoms with Gasteiger partial charge in [-0.3, -0.25) is 14.6 Å². The highest BCUT2D eigenvalue weighted by Crippen LogP contribution is 2.22. The van der Waals surface area contributed by atoms with Gasteiger partial charge >= 0.3 is 0 Å². The third-order valence-corrected chi connectivity index (χ3v) is 2.87. The van der Waals surface area contributed by atoms with E-state index in [2.05, 4.69) is 4.98 Å². The van der Waals surface area contributed by atoms with Gasteiger partial charge in [-0.15, -0.1) is 0 Å². The number of Topliss-reactive ketones (excluding diaryl/α,β-unsaturated/α-hetero) is 2. The summed E-state index contributed by atoms with van der Waals surface area (Å²) in [5.41, 5.74) is 0.420. The number of benzene rings is 1. The van der Waals surface area contributed by atoms with Gasteiger partial charge in [0, 0.05) is 28.5 Å². The molecule has 0 saturated heterocycles. The number of pyridine rings is 1. The van der Waals surface area contributed by atoms with Gasteiger partial charge in [-0.05, 0) is 30.3 Å². The summed E-state index contributed by atoms with van der Waals surface area (Å²) < 4.78 is 0. The fraction of sp³-hybridized carbons (Fsp3) is 0. The van der Waals surface area contributed by atoms with Gasteiger partial charge in [0.1, 0.15) is 0 Å². The Morgan fingerprint density at radius 3 is 2.22 bits per heavy atom. The molecule has 0 aliphatic rings. The van der Waals surface area contributed by atoms with Crippen LogP contribution in [-0.2, 0) is 0 Å². The molecule has 0 aliphatic heterocycles. The molecule has 2 aromatic rings. The van der Waals surface area contributed by atoms with Crippen molar-refractivity contribution in [2.24, 2.45) is 0 Å². The maximum Gasteiger partial charge on any atom is 0.235 e. The molecule has 0 unspecified atom stereocenters. The lowest BCUT2D eigenvalue weighted by atomic mass is 10.0.